The van der Waals surface area contributed by atoms with Gasteiger partial charge in [-0.15, -0.1) is 10.2 Å². The van der Waals surface area contributed by atoms with E-state index in [1.165, 1.54) is 11.1 Å². The molecule has 4 heteroatoms. The summed E-state index contributed by atoms with van der Waals surface area (Å²) >= 11 is 0. The minimum atomic E-state index is 0.549. The molecule has 0 unspecified atom stereocenters. The highest BCUT2D eigenvalue weighted by atomic mass is 16.4. The van der Waals surface area contributed by atoms with Gasteiger partial charge in [0.2, 0.25) is 11.8 Å². The van der Waals surface area contributed by atoms with Crippen LogP contribution in [0, 0.1) is 6.92 Å². The minimum absolute atomic E-state index is 0.549. The smallest absolute Gasteiger partial charge is 0.250 e. The van der Waals surface area contributed by atoms with Gasteiger partial charge in [-0.05, 0) is 32.0 Å². The van der Waals surface area contributed by atoms with Crippen molar-refractivity contribution in [2.24, 2.45) is 0 Å². The monoisotopic (exact) mass is 303 g/mol. The van der Waals surface area contributed by atoms with Gasteiger partial charge in [0, 0.05) is 29.2 Å². The van der Waals surface area contributed by atoms with Crippen LogP contribution in [0.2, 0.25) is 0 Å². The predicted octanol–water partition coefficient (Wildman–Crippen LogP) is 4.69. The van der Waals surface area contributed by atoms with E-state index in [1.54, 1.807) is 0 Å². The molecule has 114 valence electrons. The van der Waals surface area contributed by atoms with Crippen molar-refractivity contribution in [3.63, 3.8) is 0 Å². The maximum Gasteiger partial charge on any atom is 0.250 e. The molecule has 0 radical (unpaired) electrons. The fraction of sp³-hybridized carbons (Fsp3) is 0.158. The summed E-state index contributed by atoms with van der Waals surface area (Å²) in [6, 6.07) is 16.4. The van der Waals surface area contributed by atoms with Gasteiger partial charge in [0.05, 0.1) is 5.56 Å². The molecule has 0 aliphatic heterocycles. The van der Waals surface area contributed by atoms with Crippen molar-refractivity contribution < 1.29 is 4.42 Å². The van der Waals surface area contributed by atoms with Crippen LogP contribution in [0.3, 0.4) is 0 Å². The minimum Gasteiger partial charge on any atom is -0.416 e. The molecule has 2 aromatic heterocycles. The Bertz CT molecular complexity index is 964. The van der Waals surface area contributed by atoms with E-state index in [9.17, 15) is 0 Å². The second kappa shape index (κ2) is 5.39. The van der Waals surface area contributed by atoms with Crippen molar-refractivity contribution in [1.82, 2.24) is 14.8 Å². The molecule has 0 aliphatic carbocycles. The first kappa shape index (κ1) is 13.8. The second-order valence-corrected chi connectivity index (χ2v) is 5.62. The van der Waals surface area contributed by atoms with E-state index in [-0.39, 0.29) is 0 Å². The van der Waals surface area contributed by atoms with Crippen LogP contribution in [0.4, 0.5) is 0 Å². The van der Waals surface area contributed by atoms with Gasteiger partial charge < -0.3 is 8.98 Å². The molecule has 0 atom stereocenters. The molecule has 0 amide bonds. The molecule has 4 aromatic rings. The molecule has 0 aliphatic rings. The van der Waals surface area contributed by atoms with Gasteiger partial charge >= 0.3 is 0 Å². The Labute approximate surface area is 134 Å². The van der Waals surface area contributed by atoms with Gasteiger partial charge in [-0.2, -0.15) is 0 Å². The van der Waals surface area contributed by atoms with Crippen molar-refractivity contribution >= 4 is 10.9 Å². The van der Waals surface area contributed by atoms with Crippen LogP contribution in [0.15, 0.2) is 59.1 Å². The Balaban J connectivity index is 1.82. The topological polar surface area (TPSA) is 43.9 Å². The van der Waals surface area contributed by atoms with E-state index in [0.29, 0.717) is 11.8 Å². The zero-order chi connectivity index (χ0) is 15.8. The molecule has 0 spiro atoms. The lowest BCUT2D eigenvalue weighted by Crippen LogP contribution is -1.89. The van der Waals surface area contributed by atoms with Crippen LogP contribution >= 0.6 is 0 Å². The summed E-state index contributed by atoms with van der Waals surface area (Å²) in [4.78, 5) is 0. The summed E-state index contributed by atoms with van der Waals surface area (Å²) in [7, 11) is 0. The zero-order valence-electron chi connectivity index (χ0n) is 13.2. The maximum absolute atomic E-state index is 5.93. The highest BCUT2D eigenvalue weighted by Crippen LogP contribution is 2.31. The van der Waals surface area contributed by atoms with Gasteiger partial charge in [0.25, 0.3) is 0 Å². The number of hydrogen-bond donors (Lipinski definition) is 0. The molecule has 2 heterocycles. The number of aryl methyl sites for hydroxylation is 2. The number of nitrogens with zero attached hydrogens (tertiary/aromatic N) is 3. The Kier molecular flexibility index (Phi) is 3.23. The lowest BCUT2D eigenvalue weighted by Gasteiger charge is -1.97. The van der Waals surface area contributed by atoms with Crippen LogP contribution in [0.1, 0.15) is 12.5 Å². The second-order valence-electron chi connectivity index (χ2n) is 5.62. The van der Waals surface area contributed by atoms with Gasteiger partial charge in [-0.25, -0.2) is 0 Å². The van der Waals surface area contributed by atoms with Crippen LogP contribution in [0.5, 0.6) is 0 Å². The lowest BCUT2D eigenvalue weighted by molar-refractivity contribution is 0.584. The van der Waals surface area contributed by atoms with Gasteiger partial charge in [-0.3, -0.25) is 0 Å². The number of rotatable bonds is 3. The first-order chi connectivity index (χ1) is 11.3. The van der Waals surface area contributed by atoms with E-state index >= 15 is 0 Å². The molecule has 0 N–H and O–H groups in total. The molecule has 0 bridgehead atoms. The van der Waals surface area contributed by atoms with E-state index in [4.69, 9.17) is 4.42 Å². The molecule has 0 fully saturated rings. The third-order valence-corrected chi connectivity index (χ3v) is 4.08. The Morgan fingerprint density at radius 3 is 2.48 bits per heavy atom. The van der Waals surface area contributed by atoms with Crippen molar-refractivity contribution in [3.05, 3.63) is 60.3 Å². The molecule has 0 saturated heterocycles. The van der Waals surface area contributed by atoms with Gasteiger partial charge in [-0.1, -0.05) is 35.9 Å². The van der Waals surface area contributed by atoms with Crippen molar-refractivity contribution in [2.75, 3.05) is 0 Å². The predicted molar refractivity (Wildman–Crippen MR) is 91.1 cm³/mol. The molecule has 4 rings (SSSR count). The first-order valence-electron chi connectivity index (χ1n) is 7.75. The van der Waals surface area contributed by atoms with Gasteiger partial charge in [0.15, 0.2) is 0 Å². The highest BCUT2D eigenvalue weighted by Gasteiger charge is 2.15. The van der Waals surface area contributed by atoms with E-state index in [0.717, 1.165) is 23.1 Å². The Morgan fingerprint density at radius 2 is 1.70 bits per heavy atom. The number of hydrogen-bond acceptors (Lipinski definition) is 3. The quantitative estimate of drug-likeness (QED) is 0.551. The fourth-order valence-electron chi connectivity index (χ4n) is 2.82. The fourth-order valence-corrected chi connectivity index (χ4v) is 2.82. The number of aromatic nitrogens is 3. The van der Waals surface area contributed by atoms with Gasteiger partial charge in [0.1, 0.15) is 0 Å². The highest BCUT2D eigenvalue weighted by molar-refractivity contribution is 5.94. The number of para-hydroxylation sites is 1. The summed E-state index contributed by atoms with van der Waals surface area (Å²) in [5, 5.41) is 9.59. The van der Waals surface area contributed by atoms with E-state index in [2.05, 4.69) is 46.9 Å². The molecular formula is C19H17N3O. The third kappa shape index (κ3) is 2.32. The molecule has 0 saturated carbocycles. The molecular weight excluding hydrogens is 286 g/mol. The summed E-state index contributed by atoms with van der Waals surface area (Å²) in [6.45, 7) is 5.09. The average molecular weight is 303 g/mol. The first-order valence-corrected chi connectivity index (χ1v) is 7.75. The standard InChI is InChI=1S/C19H17N3O/c1-3-22-12-16(15-6-4-5-7-17(15)22)19-21-20-18(23-19)14-10-8-13(2)9-11-14/h4-12H,3H2,1-2H3. The SMILES string of the molecule is CCn1cc(-c2nnc(-c3ccc(C)cc3)o2)c2ccccc21. The molecule has 2 aromatic carbocycles. The molecule has 23 heavy (non-hydrogen) atoms. The average Bonchev–Trinajstić information content (AvgIpc) is 3.20. The van der Waals surface area contributed by atoms with Crippen molar-refractivity contribution in [2.45, 2.75) is 20.4 Å². The number of fused-ring (bicyclic) bond motifs is 1. The Hall–Kier alpha value is -2.88. The normalized spacial score (nSPS) is 11.2. The van der Waals surface area contributed by atoms with E-state index < -0.39 is 0 Å². The van der Waals surface area contributed by atoms with Crippen LogP contribution in [-0.2, 0) is 6.54 Å². The summed E-state index contributed by atoms with van der Waals surface area (Å²) in [5.41, 5.74) is 4.31. The Morgan fingerprint density at radius 1 is 0.957 bits per heavy atom. The maximum atomic E-state index is 5.93. The summed E-state index contributed by atoms with van der Waals surface area (Å²) < 4.78 is 8.12. The lowest BCUT2D eigenvalue weighted by atomic mass is 10.1. The van der Waals surface area contributed by atoms with Crippen molar-refractivity contribution in [1.29, 1.82) is 0 Å². The van der Waals surface area contributed by atoms with E-state index in [1.807, 2.05) is 36.4 Å². The zero-order valence-corrected chi connectivity index (χ0v) is 13.2. The van der Waals surface area contributed by atoms with Crippen LogP contribution < -0.4 is 0 Å². The molecule has 4 nitrogen and oxygen atoms in total. The van der Waals surface area contributed by atoms with Crippen LogP contribution in [-0.4, -0.2) is 14.8 Å². The summed E-state index contributed by atoms with van der Waals surface area (Å²) in [5.74, 6) is 1.11. The summed E-state index contributed by atoms with van der Waals surface area (Å²) in [6.07, 6.45) is 2.08. The number of benzene rings is 2. The van der Waals surface area contributed by atoms with Crippen molar-refractivity contribution in [3.8, 4) is 22.9 Å². The largest absolute Gasteiger partial charge is 0.416 e. The van der Waals surface area contributed by atoms with Crippen LogP contribution in [0.25, 0.3) is 33.8 Å². The third-order valence-electron chi connectivity index (χ3n) is 4.08.